The van der Waals surface area contributed by atoms with Gasteiger partial charge < -0.3 is 10.1 Å². The predicted octanol–water partition coefficient (Wildman–Crippen LogP) is 1.82. The Labute approximate surface area is 173 Å². The van der Waals surface area contributed by atoms with Crippen molar-refractivity contribution in [3.8, 4) is 11.4 Å². The van der Waals surface area contributed by atoms with E-state index in [9.17, 15) is 14.4 Å². The molecule has 0 radical (unpaired) electrons. The van der Waals surface area contributed by atoms with Crippen LogP contribution >= 0.6 is 0 Å². The Balaban J connectivity index is 2.22. The van der Waals surface area contributed by atoms with Crippen molar-refractivity contribution in [3.05, 3.63) is 85.7 Å². The highest BCUT2D eigenvalue weighted by Crippen LogP contribution is 2.14. The Bertz CT molecular complexity index is 1210. The number of nitrogens with zero attached hydrogens (tertiary/aromatic N) is 3. The number of aryl methyl sites for hydroxylation is 2. The van der Waals surface area contributed by atoms with Crippen molar-refractivity contribution in [1.82, 2.24) is 19.7 Å². The molecule has 0 atom stereocenters. The van der Waals surface area contributed by atoms with Crippen LogP contribution in [0.5, 0.6) is 5.75 Å². The second-order valence-corrected chi connectivity index (χ2v) is 6.91. The molecule has 8 nitrogen and oxygen atoms in total. The minimum absolute atomic E-state index is 0.0192. The number of rotatable bonds is 6. The van der Waals surface area contributed by atoms with Crippen molar-refractivity contribution in [2.75, 3.05) is 13.7 Å². The van der Waals surface area contributed by atoms with E-state index in [0.29, 0.717) is 23.5 Å². The maximum atomic E-state index is 13.2. The summed E-state index contributed by atoms with van der Waals surface area (Å²) in [6, 6.07) is 12.4. The normalized spacial score (nSPS) is 10.7. The largest absolute Gasteiger partial charge is 0.497 e. The number of carbonyl (C=O) groups excluding carboxylic acids is 1. The number of aromatic nitrogens is 3. The molecule has 3 aromatic rings. The Hall–Kier alpha value is -3.68. The highest BCUT2D eigenvalue weighted by Gasteiger charge is 2.20. The monoisotopic (exact) mass is 408 g/mol. The third-order valence-electron chi connectivity index (χ3n) is 4.82. The molecular formula is C22H24N4O4. The van der Waals surface area contributed by atoms with Crippen molar-refractivity contribution < 1.29 is 9.53 Å². The molecule has 0 unspecified atom stereocenters. The Kier molecular flexibility index (Phi) is 6.15. The molecule has 1 amide bonds. The molecule has 1 N–H and O–H groups in total. The van der Waals surface area contributed by atoms with Crippen LogP contribution in [0.1, 0.15) is 34.1 Å². The number of nitrogens with one attached hydrogen (secondary N) is 1. The average molecular weight is 408 g/mol. The highest BCUT2D eigenvalue weighted by atomic mass is 16.5. The Morgan fingerprint density at radius 1 is 1.10 bits per heavy atom. The topological polar surface area (TPSA) is 95.2 Å². The fourth-order valence-electron chi connectivity index (χ4n) is 3.02. The third kappa shape index (κ3) is 4.17. The fourth-order valence-corrected chi connectivity index (χ4v) is 3.02. The third-order valence-corrected chi connectivity index (χ3v) is 4.82. The molecule has 1 heterocycles. The van der Waals surface area contributed by atoms with Gasteiger partial charge in [-0.05, 0) is 61.7 Å². The summed E-state index contributed by atoms with van der Waals surface area (Å²) in [5.41, 5.74) is 1.48. The quantitative estimate of drug-likeness (QED) is 0.671. The van der Waals surface area contributed by atoms with Crippen LogP contribution in [0.15, 0.2) is 52.1 Å². The molecule has 0 spiro atoms. The van der Waals surface area contributed by atoms with E-state index in [2.05, 4.69) is 10.4 Å². The molecule has 0 bridgehead atoms. The SMILES string of the molecule is CCNC(=O)c1nn(-c2ccc(C)c(C)c2)c(=O)n(Cc2cccc(OC)c2)c1=O. The van der Waals surface area contributed by atoms with E-state index < -0.39 is 17.2 Å². The molecule has 2 aromatic carbocycles. The zero-order valence-corrected chi connectivity index (χ0v) is 17.4. The van der Waals surface area contributed by atoms with Gasteiger partial charge in [-0.3, -0.25) is 14.2 Å². The summed E-state index contributed by atoms with van der Waals surface area (Å²) in [6.45, 7) is 5.93. The van der Waals surface area contributed by atoms with Gasteiger partial charge in [0.2, 0.25) is 5.69 Å². The van der Waals surface area contributed by atoms with Gasteiger partial charge in [-0.1, -0.05) is 18.2 Å². The summed E-state index contributed by atoms with van der Waals surface area (Å²) >= 11 is 0. The van der Waals surface area contributed by atoms with E-state index in [1.54, 1.807) is 43.3 Å². The summed E-state index contributed by atoms with van der Waals surface area (Å²) in [5, 5.41) is 6.68. The molecule has 0 aliphatic heterocycles. The Morgan fingerprint density at radius 3 is 2.53 bits per heavy atom. The smallest absolute Gasteiger partial charge is 0.352 e. The fraction of sp³-hybridized carbons (Fsp3) is 0.273. The summed E-state index contributed by atoms with van der Waals surface area (Å²) in [6.07, 6.45) is 0. The number of methoxy groups -OCH3 is 1. The van der Waals surface area contributed by atoms with E-state index in [1.807, 2.05) is 19.9 Å². The number of benzene rings is 2. The molecule has 0 fully saturated rings. The standard InChI is InChI=1S/C22H24N4O4/c1-5-23-20(27)19-21(28)25(13-16-7-6-8-18(12-16)30-4)22(29)26(24-19)17-10-9-14(2)15(3)11-17/h6-12H,5,13H2,1-4H3,(H,23,27). The van der Waals surface area contributed by atoms with Crippen LogP contribution < -0.4 is 21.3 Å². The molecule has 8 heteroatoms. The Morgan fingerprint density at radius 2 is 1.87 bits per heavy atom. The van der Waals surface area contributed by atoms with Crippen molar-refractivity contribution in [3.63, 3.8) is 0 Å². The minimum atomic E-state index is -0.742. The van der Waals surface area contributed by atoms with Crippen LogP contribution in [-0.2, 0) is 6.54 Å². The van der Waals surface area contributed by atoms with Gasteiger partial charge in [-0.2, -0.15) is 9.78 Å². The van der Waals surface area contributed by atoms with E-state index >= 15 is 0 Å². The molecule has 0 aliphatic carbocycles. The second-order valence-electron chi connectivity index (χ2n) is 6.91. The molecule has 0 saturated carbocycles. The van der Waals surface area contributed by atoms with Crippen LogP contribution in [0.2, 0.25) is 0 Å². The van der Waals surface area contributed by atoms with Crippen molar-refractivity contribution in [2.45, 2.75) is 27.3 Å². The number of hydrogen-bond acceptors (Lipinski definition) is 5. The zero-order chi connectivity index (χ0) is 21.8. The zero-order valence-electron chi connectivity index (χ0n) is 17.4. The summed E-state index contributed by atoms with van der Waals surface area (Å²) in [4.78, 5) is 38.6. The van der Waals surface area contributed by atoms with Crippen LogP contribution in [0.3, 0.4) is 0 Å². The van der Waals surface area contributed by atoms with Gasteiger partial charge in [0, 0.05) is 6.54 Å². The maximum Gasteiger partial charge on any atom is 0.352 e. The lowest BCUT2D eigenvalue weighted by Crippen LogP contribution is -2.46. The molecule has 30 heavy (non-hydrogen) atoms. The first-order valence-corrected chi connectivity index (χ1v) is 9.58. The van der Waals surface area contributed by atoms with E-state index in [4.69, 9.17) is 4.74 Å². The van der Waals surface area contributed by atoms with Gasteiger partial charge in [0.25, 0.3) is 11.5 Å². The second kappa shape index (κ2) is 8.77. The first-order chi connectivity index (χ1) is 14.3. The van der Waals surface area contributed by atoms with Gasteiger partial charge in [0.05, 0.1) is 19.3 Å². The lowest BCUT2D eigenvalue weighted by molar-refractivity contribution is 0.0946. The molecule has 0 saturated heterocycles. The van der Waals surface area contributed by atoms with Gasteiger partial charge in [0.15, 0.2) is 0 Å². The molecule has 156 valence electrons. The summed E-state index contributed by atoms with van der Waals surface area (Å²) < 4.78 is 7.33. The van der Waals surface area contributed by atoms with Crippen LogP contribution in [0, 0.1) is 13.8 Å². The summed E-state index contributed by atoms with van der Waals surface area (Å²) in [7, 11) is 1.54. The lowest BCUT2D eigenvalue weighted by atomic mass is 10.1. The van der Waals surface area contributed by atoms with Crippen LogP contribution in [0.25, 0.3) is 5.69 Å². The van der Waals surface area contributed by atoms with Gasteiger partial charge >= 0.3 is 5.69 Å². The number of carbonyl (C=O) groups is 1. The summed E-state index contributed by atoms with van der Waals surface area (Å²) in [5.74, 6) is -0.0208. The molecular weight excluding hydrogens is 384 g/mol. The van der Waals surface area contributed by atoms with Crippen molar-refractivity contribution >= 4 is 5.91 Å². The van der Waals surface area contributed by atoms with Gasteiger partial charge in [-0.15, -0.1) is 0 Å². The van der Waals surface area contributed by atoms with Crippen LogP contribution in [-0.4, -0.2) is 33.9 Å². The lowest BCUT2D eigenvalue weighted by Gasteiger charge is -2.13. The minimum Gasteiger partial charge on any atom is -0.497 e. The molecule has 3 rings (SSSR count). The highest BCUT2D eigenvalue weighted by molar-refractivity contribution is 5.91. The first kappa shape index (κ1) is 21.0. The van der Waals surface area contributed by atoms with E-state index in [0.717, 1.165) is 20.4 Å². The van der Waals surface area contributed by atoms with Crippen molar-refractivity contribution in [1.29, 1.82) is 0 Å². The molecule has 0 aliphatic rings. The van der Waals surface area contributed by atoms with Gasteiger partial charge in [0.1, 0.15) is 5.75 Å². The van der Waals surface area contributed by atoms with E-state index in [-0.39, 0.29) is 12.2 Å². The maximum absolute atomic E-state index is 13.2. The average Bonchev–Trinajstić information content (AvgIpc) is 2.73. The number of hydrogen-bond donors (Lipinski definition) is 1. The van der Waals surface area contributed by atoms with Crippen LogP contribution in [0.4, 0.5) is 0 Å². The molecule has 1 aromatic heterocycles. The number of amides is 1. The van der Waals surface area contributed by atoms with Gasteiger partial charge in [-0.25, -0.2) is 4.79 Å². The number of ether oxygens (including phenoxy) is 1. The van der Waals surface area contributed by atoms with Crippen molar-refractivity contribution in [2.24, 2.45) is 0 Å². The predicted molar refractivity (Wildman–Crippen MR) is 114 cm³/mol. The first-order valence-electron chi connectivity index (χ1n) is 9.58. The van der Waals surface area contributed by atoms with E-state index in [1.165, 1.54) is 7.11 Å².